The lowest BCUT2D eigenvalue weighted by atomic mass is 10.1. The summed E-state index contributed by atoms with van der Waals surface area (Å²) in [5.41, 5.74) is 0.803. The van der Waals surface area contributed by atoms with Crippen molar-refractivity contribution in [2.24, 2.45) is 5.92 Å². The SMILES string of the molecule is CCc1nnc(NC(=O)[C@H]2CC(=O)N(c3ccc(Br)cc3)C2)s1. The van der Waals surface area contributed by atoms with Gasteiger partial charge in [-0.25, -0.2) is 0 Å². The predicted octanol–water partition coefficient (Wildman–Crippen LogP) is 2.85. The van der Waals surface area contributed by atoms with Crippen molar-refractivity contribution >= 4 is 49.9 Å². The van der Waals surface area contributed by atoms with Crippen LogP contribution in [0.5, 0.6) is 0 Å². The van der Waals surface area contributed by atoms with Crippen LogP contribution < -0.4 is 10.2 Å². The van der Waals surface area contributed by atoms with Crippen molar-refractivity contribution in [3.63, 3.8) is 0 Å². The Labute approximate surface area is 146 Å². The van der Waals surface area contributed by atoms with Crippen LogP contribution in [0.15, 0.2) is 28.7 Å². The van der Waals surface area contributed by atoms with Crippen LogP contribution in [0.4, 0.5) is 10.8 Å². The molecule has 0 aliphatic carbocycles. The van der Waals surface area contributed by atoms with Gasteiger partial charge >= 0.3 is 0 Å². The van der Waals surface area contributed by atoms with Crippen molar-refractivity contribution in [3.8, 4) is 0 Å². The van der Waals surface area contributed by atoms with E-state index in [9.17, 15) is 9.59 Å². The summed E-state index contributed by atoms with van der Waals surface area (Å²) < 4.78 is 0.949. The molecule has 1 fully saturated rings. The average molecular weight is 395 g/mol. The van der Waals surface area contributed by atoms with Crippen molar-refractivity contribution < 1.29 is 9.59 Å². The minimum Gasteiger partial charge on any atom is -0.312 e. The molecule has 23 heavy (non-hydrogen) atoms. The van der Waals surface area contributed by atoms with Gasteiger partial charge in [0.2, 0.25) is 16.9 Å². The minimum absolute atomic E-state index is 0.0426. The number of aryl methyl sites for hydroxylation is 1. The Morgan fingerprint density at radius 3 is 2.78 bits per heavy atom. The Balaban J connectivity index is 1.66. The fourth-order valence-corrected chi connectivity index (χ4v) is 3.36. The summed E-state index contributed by atoms with van der Waals surface area (Å²) in [6.45, 7) is 2.36. The molecule has 6 nitrogen and oxygen atoms in total. The van der Waals surface area contributed by atoms with E-state index in [2.05, 4.69) is 31.4 Å². The summed E-state index contributed by atoms with van der Waals surface area (Å²) >= 11 is 4.73. The third-order valence-electron chi connectivity index (χ3n) is 3.63. The number of nitrogens with zero attached hydrogens (tertiary/aromatic N) is 3. The summed E-state index contributed by atoms with van der Waals surface area (Å²) in [7, 11) is 0. The molecule has 1 atom stereocenters. The Morgan fingerprint density at radius 2 is 2.13 bits per heavy atom. The molecule has 1 aromatic heterocycles. The molecule has 1 aromatic carbocycles. The highest BCUT2D eigenvalue weighted by Gasteiger charge is 2.35. The Kier molecular flexibility index (Phi) is 4.72. The van der Waals surface area contributed by atoms with E-state index < -0.39 is 0 Å². The first-order valence-corrected chi connectivity index (χ1v) is 8.87. The molecule has 3 rings (SSSR count). The standard InChI is InChI=1S/C15H15BrN4O2S/c1-2-12-18-19-15(23-12)17-14(22)9-7-13(21)20(8-9)11-5-3-10(16)4-6-11/h3-6,9H,2,7-8H2,1H3,(H,17,19,22)/t9-/m0/s1. The van der Waals surface area contributed by atoms with Gasteiger partial charge in [-0.05, 0) is 30.7 Å². The minimum atomic E-state index is -0.375. The van der Waals surface area contributed by atoms with Gasteiger partial charge in [0.05, 0.1) is 5.92 Å². The lowest BCUT2D eigenvalue weighted by Crippen LogP contribution is -2.28. The molecule has 2 amide bonds. The molecule has 1 aliphatic rings. The second kappa shape index (κ2) is 6.76. The van der Waals surface area contributed by atoms with Crippen LogP contribution in [0, 0.1) is 5.92 Å². The van der Waals surface area contributed by atoms with Crippen LogP contribution in [0.2, 0.25) is 0 Å². The molecule has 1 aliphatic heterocycles. The molecule has 0 radical (unpaired) electrons. The van der Waals surface area contributed by atoms with Gasteiger partial charge < -0.3 is 10.2 Å². The summed E-state index contributed by atoms with van der Waals surface area (Å²) in [6, 6.07) is 7.48. The van der Waals surface area contributed by atoms with Gasteiger partial charge in [-0.2, -0.15) is 0 Å². The molecule has 1 saturated heterocycles. The zero-order valence-electron chi connectivity index (χ0n) is 12.5. The summed E-state index contributed by atoms with van der Waals surface area (Å²) in [5, 5.41) is 12.0. The zero-order chi connectivity index (χ0) is 16.4. The van der Waals surface area contributed by atoms with Crippen molar-refractivity contribution in [1.82, 2.24) is 10.2 Å². The molecule has 0 bridgehead atoms. The number of aromatic nitrogens is 2. The van der Waals surface area contributed by atoms with E-state index in [4.69, 9.17) is 0 Å². The van der Waals surface area contributed by atoms with Crippen LogP contribution in [-0.4, -0.2) is 28.6 Å². The average Bonchev–Trinajstić information content (AvgIpc) is 3.15. The molecule has 0 saturated carbocycles. The molecule has 0 spiro atoms. The molecule has 2 aromatic rings. The Bertz CT molecular complexity index is 731. The van der Waals surface area contributed by atoms with Gasteiger partial charge in [0.1, 0.15) is 5.01 Å². The van der Waals surface area contributed by atoms with Crippen LogP contribution in [0.1, 0.15) is 18.4 Å². The van der Waals surface area contributed by atoms with Gasteiger partial charge in [-0.3, -0.25) is 9.59 Å². The smallest absolute Gasteiger partial charge is 0.231 e. The number of rotatable bonds is 4. The maximum atomic E-state index is 12.3. The third-order valence-corrected chi connectivity index (χ3v) is 5.15. The number of carbonyl (C=O) groups is 2. The highest BCUT2D eigenvalue weighted by Crippen LogP contribution is 2.27. The summed E-state index contributed by atoms with van der Waals surface area (Å²) in [6.07, 6.45) is 0.994. The number of hydrogen-bond acceptors (Lipinski definition) is 5. The largest absolute Gasteiger partial charge is 0.312 e. The first kappa shape index (κ1) is 16.1. The third kappa shape index (κ3) is 3.59. The molecule has 120 valence electrons. The first-order valence-electron chi connectivity index (χ1n) is 7.26. The first-order chi connectivity index (χ1) is 11.1. The van der Waals surface area contributed by atoms with Crippen molar-refractivity contribution in [3.05, 3.63) is 33.7 Å². The van der Waals surface area contributed by atoms with E-state index >= 15 is 0 Å². The van der Waals surface area contributed by atoms with E-state index in [1.807, 2.05) is 31.2 Å². The highest BCUT2D eigenvalue weighted by molar-refractivity contribution is 9.10. The van der Waals surface area contributed by atoms with Gasteiger partial charge in [0.15, 0.2) is 0 Å². The number of hydrogen-bond donors (Lipinski definition) is 1. The fraction of sp³-hybridized carbons (Fsp3) is 0.333. The van der Waals surface area contributed by atoms with Crippen LogP contribution in [0.25, 0.3) is 0 Å². The number of nitrogens with one attached hydrogen (secondary N) is 1. The van der Waals surface area contributed by atoms with E-state index in [0.29, 0.717) is 11.7 Å². The van der Waals surface area contributed by atoms with Crippen LogP contribution in [-0.2, 0) is 16.0 Å². The normalized spacial score (nSPS) is 17.6. The topological polar surface area (TPSA) is 75.2 Å². The van der Waals surface area contributed by atoms with Crippen LogP contribution in [0.3, 0.4) is 0 Å². The lowest BCUT2D eigenvalue weighted by Gasteiger charge is -2.16. The molecule has 2 heterocycles. The number of halogens is 1. The maximum Gasteiger partial charge on any atom is 0.231 e. The van der Waals surface area contributed by atoms with E-state index in [0.717, 1.165) is 21.6 Å². The van der Waals surface area contributed by atoms with Gasteiger partial charge in [0, 0.05) is 23.1 Å². The molecular formula is C15H15BrN4O2S. The van der Waals surface area contributed by atoms with Gasteiger partial charge in [-0.15, -0.1) is 10.2 Å². The zero-order valence-corrected chi connectivity index (χ0v) is 14.9. The summed E-state index contributed by atoms with van der Waals surface area (Å²) in [5.74, 6) is -0.601. The summed E-state index contributed by atoms with van der Waals surface area (Å²) in [4.78, 5) is 26.2. The lowest BCUT2D eigenvalue weighted by molar-refractivity contribution is -0.122. The highest BCUT2D eigenvalue weighted by atomic mass is 79.9. The number of benzene rings is 1. The maximum absolute atomic E-state index is 12.3. The Hall–Kier alpha value is -1.80. The molecule has 1 N–H and O–H groups in total. The van der Waals surface area contributed by atoms with Crippen molar-refractivity contribution in [2.75, 3.05) is 16.8 Å². The van der Waals surface area contributed by atoms with E-state index in [1.165, 1.54) is 11.3 Å². The molecule has 8 heteroatoms. The molecular weight excluding hydrogens is 380 g/mol. The van der Waals surface area contributed by atoms with Crippen molar-refractivity contribution in [1.29, 1.82) is 0 Å². The van der Waals surface area contributed by atoms with Gasteiger partial charge in [0.25, 0.3) is 0 Å². The van der Waals surface area contributed by atoms with E-state index in [1.54, 1.807) is 4.90 Å². The predicted molar refractivity (Wildman–Crippen MR) is 92.5 cm³/mol. The van der Waals surface area contributed by atoms with Crippen molar-refractivity contribution in [2.45, 2.75) is 19.8 Å². The Morgan fingerprint density at radius 1 is 1.39 bits per heavy atom. The number of carbonyl (C=O) groups excluding carboxylic acids is 2. The second-order valence-corrected chi connectivity index (χ2v) is 7.20. The monoisotopic (exact) mass is 394 g/mol. The van der Waals surface area contributed by atoms with E-state index in [-0.39, 0.29) is 24.2 Å². The second-order valence-electron chi connectivity index (χ2n) is 5.23. The van der Waals surface area contributed by atoms with Gasteiger partial charge in [-0.1, -0.05) is 34.2 Å². The van der Waals surface area contributed by atoms with Crippen LogP contribution >= 0.6 is 27.3 Å². The fourth-order valence-electron chi connectivity index (χ4n) is 2.41. The molecule has 0 unspecified atom stereocenters. The number of amides is 2. The number of anilines is 2. The quantitative estimate of drug-likeness (QED) is 0.864.